The lowest BCUT2D eigenvalue weighted by Gasteiger charge is -2.33. The Bertz CT molecular complexity index is 1490. The summed E-state index contributed by atoms with van der Waals surface area (Å²) in [4.78, 5) is 26.8. The zero-order valence-corrected chi connectivity index (χ0v) is 22.2. The number of nitrogens with one attached hydrogen (secondary N) is 1. The molecule has 0 atom stereocenters. The highest BCUT2D eigenvalue weighted by atomic mass is 32.2. The van der Waals surface area contributed by atoms with Crippen LogP contribution in [0.1, 0.15) is 26.3 Å². The molecule has 3 N–H and O–H groups in total. The number of anilines is 1. The van der Waals surface area contributed by atoms with Gasteiger partial charge in [-0.25, -0.2) is 8.42 Å². The molecule has 1 fully saturated rings. The van der Waals surface area contributed by atoms with E-state index in [4.69, 9.17) is 5.73 Å². The minimum absolute atomic E-state index is 0.183. The first kappa shape index (κ1) is 29.1. The Morgan fingerprint density at radius 1 is 1.00 bits per heavy atom. The minimum Gasteiger partial charge on any atom is -0.405 e. The second-order valence-electron chi connectivity index (χ2n) is 9.17. The maximum atomic E-state index is 12.9. The summed E-state index contributed by atoms with van der Waals surface area (Å²) in [6.45, 7) is 2.75. The number of amides is 2. The van der Waals surface area contributed by atoms with Crippen LogP contribution in [0.2, 0.25) is 0 Å². The van der Waals surface area contributed by atoms with Gasteiger partial charge < -0.3 is 15.8 Å². The number of primary amides is 1. The van der Waals surface area contributed by atoms with Crippen LogP contribution in [-0.4, -0.2) is 68.2 Å². The highest BCUT2D eigenvalue weighted by molar-refractivity contribution is 7.88. The maximum Gasteiger partial charge on any atom is 0.573 e. The summed E-state index contributed by atoms with van der Waals surface area (Å²) >= 11 is 0. The predicted molar refractivity (Wildman–Crippen MR) is 142 cm³/mol. The van der Waals surface area contributed by atoms with Gasteiger partial charge in [0.15, 0.2) is 0 Å². The standard InChI is InChI=1S/C27H26F3N4O5S/c1-40(37,38)34-15-13-33(14-16-34)17-18-5-11-21(12-6-18)32-26(36)20-9-7-19(8-10-20)24-22(25(31)35)3-2-4-23(24)39-27(28,29)30/h2,4-12H,13-17H2,1H3,(H2,31,35)(H,32,36). The van der Waals surface area contributed by atoms with Gasteiger partial charge in [0.25, 0.3) is 5.91 Å². The van der Waals surface area contributed by atoms with Crippen LogP contribution in [0, 0.1) is 6.07 Å². The topological polar surface area (TPSA) is 122 Å². The van der Waals surface area contributed by atoms with E-state index < -0.39 is 33.9 Å². The monoisotopic (exact) mass is 575 g/mol. The molecule has 9 nitrogen and oxygen atoms in total. The summed E-state index contributed by atoms with van der Waals surface area (Å²) in [5, 5.41) is 2.76. The van der Waals surface area contributed by atoms with Crippen molar-refractivity contribution in [2.24, 2.45) is 5.73 Å². The molecule has 0 unspecified atom stereocenters. The van der Waals surface area contributed by atoms with E-state index in [1.807, 2.05) is 12.1 Å². The van der Waals surface area contributed by atoms with Crippen molar-refractivity contribution in [1.82, 2.24) is 9.21 Å². The van der Waals surface area contributed by atoms with E-state index in [0.717, 1.165) is 17.7 Å². The minimum atomic E-state index is -4.99. The lowest BCUT2D eigenvalue weighted by atomic mass is 9.97. The molecule has 211 valence electrons. The van der Waals surface area contributed by atoms with Crippen molar-refractivity contribution in [3.05, 3.63) is 83.4 Å². The van der Waals surface area contributed by atoms with E-state index in [1.165, 1.54) is 34.8 Å². The molecule has 0 saturated carbocycles. The van der Waals surface area contributed by atoms with Gasteiger partial charge in [0.2, 0.25) is 15.9 Å². The van der Waals surface area contributed by atoms with Gasteiger partial charge in [0, 0.05) is 49.5 Å². The molecule has 1 radical (unpaired) electrons. The van der Waals surface area contributed by atoms with Crippen molar-refractivity contribution in [2.45, 2.75) is 12.9 Å². The van der Waals surface area contributed by atoms with Gasteiger partial charge in [-0.05, 0) is 53.6 Å². The fourth-order valence-corrected chi connectivity index (χ4v) is 5.16. The smallest absolute Gasteiger partial charge is 0.405 e. The zero-order valence-electron chi connectivity index (χ0n) is 21.4. The van der Waals surface area contributed by atoms with Gasteiger partial charge >= 0.3 is 6.36 Å². The van der Waals surface area contributed by atoms with Crippen molar-refractivity contribution in [3.63, 3.8) is 0 Å². The number of halogens is 3. The Hall–Kier alpha value is -3.94. The summed E-state index contributed by atoms with van der Waals surface area (Å²) < 4.78 is 67.6. The molecule has 1 aliphatic heterocycles. The summed E-state index contributed by atoms with van der Waals surface area (Å²) in [6, 6.07) is 17.5. The first-order valence-electron chi connectivity index (χ1n) is 12.1. The van der Waals surface area contributed by atoms with Gasteiger partial charge in [0.1, 0.15) is 5.75 Å². The molecule has 2 amide bonds. The van der Waals surface area contributed by atoms with E-state index in [9.17, 15) is 31.2 Å². The van der Waals surface area contributed by atoms with Crippen LogP contribution in [0.4, 0.5) is 18.9 Å². The SMILES string of the molecule is CS(=O)(=O)N1CCN(Cc2ccc(NC(=O)c3ccc(-c4c(C(N)=O)[c]ccc4OC(F)(F)F)cc3)cc2)CC1. The molecule has 0 bridgehead atoms. The molecule has 0 aliphatic carbocycles. The van der Waals surface area contributed by atoms with E-state index >= 15 is 0 Å². The van der Waals surface area contributed by atoms with Crippen LogP contribution in [0.3, 0.4) is 0 Å². The third-order valence-electron chi connectivity index (χ3n) is 6.28. The number of sulfonamides is 1. The van der Waals surface area contributed by atoms with Crippen molar-refractivity contribution in [1.29, 1.82) is 0 Å². The van der Waals surface area contributed by atoms with Gasteiger partial charge in [-0.3, -0.25) is 14.5 Å². The number of nitrogens with two attached hydrogens (primary N) is 1. The normalized spacial score (nSPS) is 15.0. The van der Waals surface area contributed by atoms with Crippen LogP contribution in [0.25, 0.3) is 11.1 Å². The summed E-state index contributed by atoms with van der Waals surface area (Å²) in [5.41, 5.74) is 6.82. The fourth-order valence-electron chi connectivity index (χ4n) is 4.33. The number of piperazine rings is 1. The second kappa shape index (κ2) is 11.7. The number of carbonyl (C=O) groups is 2. The van der Waals surface area contributed by atoms with Crippen LogP contribution in [0.15, 0.2) is 60.7 Å². The Labute approximate surface area is 229 Å². The average Bonchev–Trinajstić information content (AvgIpc) is 2.88. The maximum absolute atomic E-state index is 12.9. The van der Waals surface area contributed by atoms with Crippen molar-refractivity contribution >= 4 is 27.5 Å². The molecule has 1 aliphatic rings. The third kappa shape index (κ3) is 7.37. The predicted octanol–water partition coefficient (Wildman–Crippen LogP) is 3.48. The number of rotatable bonds is 8. The quantitative estimate of drug-likeness (QED) is 0.424. The second-order valence-corrected chi connectivity index (χ2v) is 11.2. The summed E-state index contributed by atoms with van der Waals surface area (Å²) in [5.74, 6) is -2.05. The van der Waals surface area contributed by atoms with Gasteiger partial charge in [-0.2, -0.15) is 4.31 Å². The Kier molecular flexibility index (Phi) is 8.47. The van der Waals surface area contributed by atoms with E-state index in [0.29, 0.717) is 38.4 Å². The van der Waals surface area contributed by atoms with Gasteiger partial charge in [0.05, 0.1) is 11.8 Å². The molecule has 3 aromatic carbocycles. The number of hydrogen-bond donors (Lipinski definition) is 2. The van der Waals surface area contributed by atoms with Crippen molar-refractivity contribution in [2.75, 3.05) is 37.8 Å². The van der Waals surface area contributed by atoms with Crippen molar-refractivity contribution in [3.8, 4) is 16.9 Å². The van der Waals surface area contributed by atoms with Gasteiger partial charge in [-0.15, -0.1) is 13.2 Å². The molecule has 4 rings (SSSR count). The zero-order chi connectivity index (χ0) is 29.1. The molecule has 40 heavy (non-hydrogen) atoms. The van der Waals surface area contributed by atoms with Gasteiger partial charge in [-0.1, -0.05) is 24.3 Å². The summed E-state index contributed by atoms with van der Waals surface area (Å²) in [7, 11) is -3.19. The molecular formula is C27H26F3N4O5S. The molecule has 3 aromatic rings. The Morgan fingerprint density at radius 3 is 2.17 bits per heavy atom. The molecule has 1 saturated heterocycles. The first-order valence-corrected chi connectivity index (χ1v) is 13.9. The fraction of sp³-hybridized carbons (Fsp3) is 0.259. The number of nitrogens with zero attached hydrogens (tertiary/aromatic N) is 2. The van der Waals surface area contributed by atoms with Crippen LogP contribution >= 0.6 is 0 Å². The van der Waals surface area contributed by atoms with E-state index in [-0.39, 0.29) is 22.3 Å². The highest BCUT2D eigenvalue weighted by Crippen LogP contribution is 2.36. The van der Waals surface area contributed by atoms with Crippen LogP contribution in [0.5, 0.6) is 5.75 Å². The molecule has 13 heteroatoms. The number of carbonyl (C=O) groups excluding carboxylic acids is 2. The van der Waals surface area contributed by atoms with Crippen LogP contribution in [-0.2, 0) is 16.6 Å². The highest BCUT2D eigenvalue weighted by Gasteiger charge is 2.33. The molecule has 1 heterocycles. The number of benzene rings is 3. The van der Waals surface area contributed by atoms with Crippen molar-refractivity contribution < 1.29 is 35.9 Å². The Morgan fingerprint density at radius 2 is 1.62 bits per heavy atom. The molecule has 0 aromatic heterocycles. The van der Waals surface area contributed by atoms with E-state index in [2.05, 4.69) is 21.0 Å². The third-order valence-corrected chi connectivity index (χ3v) is 7.59. The number of ether oxygens (including phenoxy) is 1. The summed E-state index contributed by atoms with van der Waals surface area (Å²) in [6.07, 6.45) is -3.79. The lowest BCUT2D eigenvalue weighted by molar-refractivity contribution is -0.274. The molecule has 0 spiro atoms. The lowest BCUT2D eigenvalue weighted by Crippen LogP contribution is -2.47. The average molecular weight is 576 g/mol. The van der Waals surface area contributed by atoms with E-state index in [1.54, 1.807) is 12.1 Å². The first-order chi connectivity index (χ1) is 18.8. The van der Waals surface area contributed by atoms with Crippen LogP contribution < -0.4 is 15.8 Å². The Balaban J connectivity index is 1.41. The largest absolute Gasteiger partial charge is 0.573 e. The molecular weight excluding hydrogens is 549 g/mol. The number of hydrogen-bond acceptors (Lipinski definition) is 6. The number of alkyl halides is 3.